The summed E-state index contributed by atoms with van der Waals surface area (Å²) >= 11 is 0. The van der Waals surface area contributed by atoms with Crippen LogP contribution in [0.25, 0.3) is 11.0 Å². The van der Waals surface area contributed by atoms with E-state index in [9.17, 15) is 18.0 Å². The van der Waals surface area contributed by atoms with Crippen LogP contribution in [0.15, 0.2) is 11.0 Å². The maximum Gasteiger partial charge on any atom is 0.419 e. The van der Waals surface area contributed by atoms with Crippen molar-refractivity contribution in [2.24, 2.45) is 0 Å². The van der Waals surface area contributed by atoms with Gasteiger partial charge in [0.15, 0.2) is 0 Å². The minimum atomic E-state index is -4.57. The number of pyridine rings is 1. The zero-order chi connectivity index (χ0) is 19.1. The number of imidazole rings is 1. The smallest absolute Gasteiger partial charge is 0.361 e. The van der Waals surface area contributed by atoms with Crippen LogP contribution in [0.4, 0.5) is 13.2 Å². The van der Waals surface area contributed by atoms with Crippen molar-refractivity contribution in [3.63, 3.8) is 0 Å². The summed E-state index contributed by atoms with van der Waals surface area (Å²) in [6.07, 6.45) is -1.10. The Kier molecular flexibility index (Phi) is 5.04. The van der Waals surface area contributed by atoms with Crippen LogP contribution in [0.2, 0.25) is 25.7 Å². The predicted octanol–water partition coefficient (Wildman–Crippen LogP) is 4.32. The number of fused-ring (bicyclic) bond motifs is 1. The van der Waals surface area contributed by atoms with Crippen LogP contribution in [0.5, 0.6) is 0 Å². The molecule has 26 heavy (non-hydrogen) atoms. The molecule has 2 heterocycles. The molecular weight excluding hydrogens is 363 g/mol. The third kappa shape index (κ3) is 3.88. The van der Waals surface area contributed by atoms with Crippen molar-refractivity contribution in [2.75, 3.05) is 6.61 Å². The number of alkyl halides is 3. The molecule has 0 saturated heterocycles. The van der Waals surface area contributed by atoms with Crippen LogP contribution in [0, 0.1) is 0 Å². The first-order valence-corrected chi connectivity index (χ1v) is 12.6. The van der Waals surface area contributed by atoms with Gasteiger partial charge < -0.3 is 9.72 Å². The highest BCUT2D eigenvalue weighted by Gasteiger charge is 2.37. The molecule has 0 aromatic carbocycles. The molecule has 1 saturated carbocycles. The summed E-state index contributed by atoms with van der Waals surface area (Å²) in [6, 6.07) is 0.947. The largest absolute Gasteiger partial charge is 0.419 e. The van der Waals surface area contributed by atoms with Crippen molar-refractivity contribution in [2.45, 2.75) is 63.8 Å². The Hall–Kier alpha value is -1.61. The molecule has 0 atom stereocenters. The zero-order valence-electron chi connectivity index (χ0n) is 15.2. The minimum absolute atomic E-state index is 0.0465. The number of hydrogen-bond acceptors (Lipinski definition) is 3. The molecule has 1 aliphatic rings. The lowest BCUT2D eigenvalue weighted by atomic mass is 9.85. The summed E-state index contributed by atoms with van der Waals surface area (Å²) in [6.45, 7) is 7.25. The van der Waals surface area contributed by atoms with Crippen molar-refractivity contribution >= 4 is 19.1 Å². The Morgan fingerprint density at radius 3 is 2.58 bits per heavy atom. The molecule has 0 unspecified atom stereocenters. The highest BCUT2D eigenvalue weighted by atomic mass is 28.3. The monoisotopic (exact) mass is 387 g/mol. The fraction of sp³-hybridized carbons (Fsp3) is 0.647. The average Bonchev–Trinajstić information content (AvgIpc) is 2.79. The van der Waals surface area contributed by atoms with E-state index >= 15 is 0 Å². The fourth-order valence-corrected chi connectivity index (χ4v) is 3.78. The van der Waals surface area contributed by atoms with Gasteiger partial charge in [0.1, 0.15) is 23.6 Å². The number of aromatic nitrogens is 3. The summed E-state index contributed by atoms with van der Waals surface area (Å²) in [7, 11) is -1.28. The molecule has 144 valence electrons. The third-order valence-electron chi connectivity index (χ3n) is 4.81. The van der Waals surface area contributed by atoms with Crippen molar-refractivity contribution in [3.8, 4) is 0 Å². The molecule has 0 radical (unpaired) electrons. The summed E-state index contributed by atoms with van der Waals surface area (Å²) < 4.78 is 47.2. The second-order valence-electron chi connectivity index (χ2n) is 8.10. The number of hydrogen-bond donors (Lipinski definition) is 1. The maximum absolute atomic E-state index is 13.3. The minimum Gasteiger partial charge on any atom is -0.361 e. The molecule has 0 amide bonds. The van der Waals surface area contributed by atoms with Gasteiger partial charge in [0.2, 0.25) is 0 Å². The SMILES string of the molecule is C[Si](C)(C)CCOCn1c(C2CCC2)nc2c(C(F)(F)F)c[nH]c(=O)c21. The molecule has 0 spiro atoms. The first-order chi connectivity index (χ1) is 12.1. The summed E-state index contributed by atoms with van der Waals surface area (Å²) in [5.74, 6) is 0.616. The molecule has 0 aliphatic heterocycles. The molecule has 1 aliphatic carbocycles. The Labute approximate surface area is 150 Å². The van der Waals surface area contributed by atoms with Gasteiger partial charge >= 0.3 is 6.18 Å². The summed E-state index contributed by atoms with van der Waals surface area (Å²) in [5, 5.41) is 0. The molecule has 1 fully saturated rings. The molecule has 3 rings (SSSR count). The van der Waals surface area contributed by atoms with Gasteiger partial charge in [-0.2, -0.15) is 13.2 Å². The van der Waals surface area contributed by atoms with Crippen molar-refractivity contribution < 1.29 is 17.9 Å². The highest BCUT2D eigenvalue weighted by Crippen LogP contribution is 2.39. The molecular formula is C17H24F3N3O2Si. The van der Waals surface area contributed by atoms with Crippen LogP contribution in [0.1, 0.15) is 36.6 Å². The summed E-state index contributed by atoms with van der Waals surface area (Å²) in [5.41, 5.74) is -1.81. The van der Waals surface area contributed by atoms with Crippen LogP contribution in [-0.4, -0.2) is 29.2 Å². The Bertz CT molecular complexity index is 848. The second-order valence-corrected chi connectivity index (χ2v) is 13.7. The van der Waals surface area contributed by atoms with E-state index in [0.29, 0.717) is 18.6 Å². The molecule has 2 aromatic rings. The van der Waals surface area contributed by atoms with Crippen LogP contribution in [0.3, 0.4) is 0 Å². The lowest BCUT2D eigenvalue weighted by molar-refractivity contribution is -0.136. The quantitative estimate of drug-likeness (QED) is 0.593. The highest BCUT2D eigenvalue weighted by molar-refractivity contribution is 6.76. The van der Waals surface area contributed by atoms with E-state index in [2.05, 4.69) is 29.6 Å². The van der Waals surface area contributed by atoms with E-state index in [-0.39, 0.29) is 23.7 Å². The Morgan fingerprint density at radius 1 is 1.35 bits per heavy atom. The lowest BCUT2D eigenvalue weighted by Crippen LogP contribution is -2.23. The number of nitrogens with zero attached hydrogens (tertiary/aromatic N) is 2. The van der Waals surface area contributed by atoms with E-state index < -0.39 is 25.4 Å². The first kappa shape index (κ1) is 19.2. The number of halogens is 3. The number of nitrogens with one attached hydrogen (secondary N) is 1. The van der Waals surface area contributed by atoms with E-state index in [1.807, 2.05) is 0 Å². The van der Waals surface area contributed by atoms with Crippen LogP contribution in [-0.2, 0) is 17.6 Å². The Morgan fingerprint density at radius 2 is 2.04 bits per heavy atom. The van der Waals surface area contributed by atoms with Crippen molar-refractivity contribution in [3.05, 3.63) is 27.9 Å². The fourth-order valence-electron chi connectivity index (χ4n) is 3.02. The van der Waals surface area contributed by atoms with Crippen LogP contribution < -0.4 is 5.56 Å². The normalized spacial score (nSPS) is 16.2. The maximum atomic E-state index is 13.3. The topological polar surface area (TPSA) is 59.9 Å². The van der Waals surface area contributed by atoms with E-state index in [1.54, 1.807) is 0 Å². The van der Waals surface area contributed by atoms with Crippen LogP contribution >= 0.6 is 0 Å². The lowest BCUT2D eigenvalue weighted by Gasteiger charge is -2.25. The van der Waals surface area contributed by atoms with Gasteiger partial charge in [0, 0.05) is 26.8 Å². The number of ether oxygens (including phenoxy) is 1. The molecule has 1 N–H and O–H groups in total. The van der Waals surface area contributed by atoms with Gasteiger partial charge in [-0.3, -0.25) is 9.36 Å². The van der Waals surface area contributed by atoms with Gasteiger partial charge in [-0.15, -0.1) is 0 Å². The van der Waals surface area contributed by atoms with Gasteiger partial charge in [-0.05, 0) is 18.9 Å². The molecule has 2 aromatic heterocycles. The first-order valence-electron chi connectivity index (χ1n) is 8.85. The van der Waals surface area contributed by atoms with Crippen molar-refractivity contribution in [1.29, 1.82) is 0 Å². The summed E-state index contributed by atoms with van der Waals surface area (Å²) in [4.78, 5) is 18.7. The molecule has 0 bridgehead atoms. The van der Waals surface area contributed by atoms with Gasteiger partial charge in [-0.25, -0.2) is 4.98 Å². The zero-order valence-corrected chi connectivity index (χ0v) is 16.2. The van der Waals surface area contributed by atoms with E-state index in [4.69, 9.17) is 4.74 Å². The molecule has 5 nitrogen and oxygen atoms in total. The van der Waals surface area contributed by atoms with Gasteiger partial charge in [0.05, 0.1) is 5.56 Å². The number of H-pyrrole nitrogens is 1. The van der Waals surface area contributed by atoms with Gasteiger partial charge in [0.25, 0.3) is 5.56 Å². The van der Waals surface area contributed by atoms with E-state index in [1.165, 1.54) is 4.57 Å². The van der Waals surface area contributed by atoms with Crippen molar-refractivity contribution in [1.82, 2.24) is 14.5 Å². The number of rotatable bonds is 6. The number of aromatic amines is 1. The predicted molar refractivity (Wildman–Crippen MR) is 96.1 cm³/mol. The second kappa shape index (κ2) is 6.84. The third-order valence-corrected chi connectivity index (χ3v) is 6.51. The molecule has 9 heteroatoms. The van der Waals surface area contributed by atoms with Gasteiger partial charge in [-0.1, -0.05) is 26.1 Å². The van der Waals surface area contributed by atoms with E-state index in [0.717, 1.165) is 25.3 Å². The average molecular weight is 387 g/mol. The Balaban J connectivity index is 2.00. The standard InChI is InChI=1S/C17H24F3N3O2Si/c1-26(2,3)8-7-25-10-23-14-13(22-15(23)11-5-4-6-11)12(17(18,19)20)9-21-16(14)24/h9,11H,4-8,10H2,1-3H3,(H,21,24).